The molecule has 1 aromatic rings. The fourth-order valence-electron chi connectivity index (χ4n) is 2.81. The molecule has 1 spiro atoms. The zero-order valence-corrected chi connectivity index (χ0v) is 10.7. The molecule has 0 atom stereocenters. The maximum atomic E-state index is 12.0. The lowest BCUT2D eigenvalue weighted by molar-refractivity contribution is 0.0914. The molecule has 2 N–H and O–H groups in total. The third-order valence-corrected chi connectivity index (χ3v) is 4.10. The Kier molecular flexibility index (Phi) is 2.58. The van der Waals surface area contributed by atoms with Crippen molar-refractivity contribution in [1.82, 2.24) is 10.6 Å². The Morgan fingerprint density at radius 3 is 2.59 bits per heavy atom. The van der Waals surface area contributed by atoms with Crippen LogP contribution in [-0.2, 0) is 5.54 Å². The van der Waals surface area contributed by atoms with E-state index in [0.717, 1.165) is 31.5 Å². The first-order valence-electron chi connectivity index (χ1n) is 5.65. The second-order valence-electron chi connectivity index (χ2n) is 4.60. The first kappa shape index (κ1) is 11.3. The summed E-state index contributed by atoms with van der Waals surface area (Å²) >= 11 is 12.2. The average Bonchev–Trinajstić information content (AvgIpc) is 2.53. The summed E-state index contributed by atoms with van der Waals surface area (Å²) in [6.45, 7) is 1.78. The normalized spacial score (nSPS) is 21.4. The summed E-state index contributed by atoms with van der Waals surface area (Å²) < 4.78 is 0. The molecule has 1 fully saturated rings. The van der Waals surface area contributed by atoms with Crippen molar-refractivity contribution in [1.29, 1.82) is 0 Å². The summed E-state index contributed by atoms with van der Waals surface area (Å²) in [5.74, 6) is -0.0636. The van der Waals surface area contributed by atoms with E-state index in [4.69, 9.17) is 23.2 Å². The van der Waals surface area contributed by atoms with E-state index < -0.39 is 0 Å². The highest BCUT2D eigenvalue weighted by molar-refractivity contribution is 6.36. The molecule has 90 valence electrons. The number of carbonyl (C=O) groups is 1. The van der Waals surface area contributed by atoms with E-state index in [1.54, 1.807) is 12.1 Å². The molecular formula is C12H12Cl2N2O. The van der Waals surface area contributed by atoms with E-state index in [0.29, 0.717) is 15.6 Å². The predicted octanol–water partition coefficient (Wildman–Crippen LogP) is 2.32. The lowest BCUT2D eigenvalue weighted by atomic mass is 9.82. The Labute approximate surface area is 109 Å². The standard InChI is InChI=1S/C12H12Cl2N2O/c13-7-5-8-10(9(14)6-7)12(16-11(8)17)1-3-15-4-2-12/h5-6,15H,1-4H2,(H,16,17). The van der Waals surface area contributed by atoms with Gasteiger partial charge in [-0.25, -0.2) is 0 Å². The molecule has 0 saturated carbocycles. The Hall–Kier alpha value is -0.770. The van der Waals surface area contributed by atoms with Crippen molar-refractivity contribution in [2.24, 2.45) is 0 Å². The van der Waals surface area contributed by atoms with Crippen LogP contribution in [0.3, 0.4) is 0 Å². The minimum absolute atomic E-state index is 0.0636. The molecule has 1 aromatic carbocycles. The number of nitrogens with one attached hydrogen (secondary N) is 2. The maximum Gasteiger partial charge on any atom is 0.252 e. The van der Waals surface area contributed by atoms with Crippen molar-refractivity contribution < 1.29 is 4.79 Å². The van der Waals surface area contributed by atoms with Gasteiger partial charge in [-0.2, -0.15) is 0 Å². The van der Waals surface area contributed by atoms with Crippen molar-refractivity contribution in [2.45, 2.75) is 18.4 Å². The Morgan fingerprint density at radius 2 is 1.88 bits per heavy atom. The first-order chi connectivity index (χ1) is 8.12. The molecule has 0 unspecified atom stereocenters. The molecule has 0 aromatic heterocycles. The number of rotatable bonds is 0. The summed E-state index contributed by atoms with van der Waals surface area (Å²) in [5.41, 5.74) is 1.26. The number of hydrogen-bond donors (Lipinski definition) is 2. The van der Waals surface area contributed by atoms with Crippen LogP contribution in [-0.4, -0.2) is 19.0 Å². The van der Waals surface area contributed by atoms with Gasteiger partial charge in [-0.05, 0) is 38.1 Å². The lowest BCUT2D eigenvalue weighted by Crippen LogP contribution is -2.47. The summed E-state index contributed by atoms with van der Waals surface area (Å²) in [5, 5.41) is 7.47. The number of piperidine rings is 1. The van der Waals surface area contributed by atoms with Gasteiger partial charge in [0, 0.05) is 21.2 Å². The van der Waals surface area contributed by atoms with Gasteiger partial charge >= 0.3 is 0 Å². The molecule has 3 nitrogen and oxygen atoms in total. The number of fused-ring (bicyclic) bond motifs is 2. The fourth-order valence-corrected chi connectivity index (χ4v) is 3.49. The van der Waals surface area contributed by atoms with Crippen LogP contribution < -0.4 is 10.6 Å². The molecule has 1 amide bonds. The fraction of sp³-hybridized carbons (Fsp3) is 0.417. The van der Waals surface area contributed by atoms with Crippen molar-refractivity contribution in [2.75, 3.05) is 13.1 Å². The average molecular weight is 271 g/mol. The van der Waals surface area contributed by atoms with Crippen LogP contribution in [0.1, 0.15) is 28.8 Å². The van der Waals surface area contributed by atoms with Gasteiger partial charge in [0.2, 0.25) is 0 Å². The molecule has 3 rings (SSSR count). The van der Waals surface area contributed by atoms with Gasteiger partial charge < -0.3 is 10.6 Å². The molecule has 2 aliphatic heterocycles. The van der Waals surface area contributed by atoms with E-state index in [-0.39, 0.29) is 11.4 Å². The highest BCUT2D eigenvalue weighted by atomic mass is 35.5. The highest BCUT2D eigenvalue weighted by Gasteiger charge is 2.45. The van der Waals surface area contributed by atoms with Crippen LogP contribution >= 0.6 is 23.2 Å². The summed E-state index contributed by atoms with van der Waals surface area (Å²) in [4.78, 5) is 12.0. The first-order valence-corrected chi connectivity index (χ1v) is 6.41. The smallest absolute Gasteiger partial charge is 0.252 e. The molecule has 2 heterocycles. The van der Waals surface area contributed by atoms with Crippen molar-refractivity contribution in [3.05, 3.63) is 33.3 Å². The summed E-state index contributed by atoms with van der Waals surface area (Å²) in [6.07, 6.45) is 1.74. The van der Waals surface area contributed by atoms with Gasteiger partial charge in [0.15, 0.2) is 0 Å². The largest absolute Gasteiger partial charge is 0.342 e. The van der Waals surface area contributed by atoms with Crippen molar-refractivity contribution >= 4 is 29.1 Å². The summed E-state index contributed by atoms with van der Waals surface area (Å²) in [6, 6.07) is 3.42. The van der Waals surface area contributed by atoms with E-state index >= 15 is 0 Å². The van der Waals surface area contributed by atoms with Crippen LogP contribution in [0.2, 0.25) is 10.0 Å². The second kappa shape index (κ2) is 3.87. The third kappa shape index (κ3) is 1.65. The van der Waals surface area contributed by atoms with Crippen LogP contribution in [0, 0.1) is 0 Å². The Bertz CT molecular complexity index is 496. The number of halogens is 2. The minimum Gasteiger partial charge on any atom is -0.342 e. The van der Waals surface area contributed by atoms with Crippen LogP contribution in [0.15, 0.2) is 12.1 Å². The predicted molar refractivity (Wildman–Crippen MR) is 67.7 cm³/mol. The van der Waals surface area contributed by atoms with E-state index in [2.05, 4.69) is 10.6 Å². The molecule has 1 saturated heterocycles. The molecular weight excluding hydrogens is 259 g/mol. The zero-order valence-electron chi connectivity index (χ0n) is 9.15. The number of hydrogen-bond acceptors (Lipinski definition) is 2. The van der Waals surface area contributed by atoms with Gasteiger partial charge in [0.1, 0.15) is 0 Å². The molecule has 0 bridgehead atoms. The van der Waals surface area contributed by atoms with Gasteiger partial charge in [0.25, 0.3) is 5.91 Å². The molecule has 0 radical (unpaired) electrons. The van der Waals surface area contributed by atoms with Gasteiger partial charge in [-0.15, -0.1) is 0 Å². The quantitative estimate of drug-likeness (QED) is 0.760. The van der Waals surface area contributed by atoms with Crippen LogP contribution in [0.4, 0.5) is 0 Å². The Morgan fingerprint density at radius 1 is 1.18 bits per heavy atom. The van der Waals surface area contributed by atoms with Crippen LogP contribution in [0.25, 0.3) is 0 Å². The van der Waals surface area contributed by atoms with Gasteiger partial charge in [-0.1, -0.05) is 23.2 Å². The third-order valence-electron chi connectivity index (χ3n) is 3.59. The van der Waals surface area contributed by atoms with Crippen molar-refractivity contribution in [3.63, 3.8) is 0 Å². The van der Waals surface area contributed by atoms with Gasteiger partial charge in [-0.3, -0.25) is 4.79 Å². The van der Waals surface area contributed by atoms with E-state index in [1.165, 1.54) is 0 Å². The maximum absolute atomic E-state index is 12.0. The molecule has 5 heteroatoms. The van der Waals surface area contributed by atoms with Crippen molar-refractivity contribution in [3.8, 4) is 0 Å². The summed E-state index contributed by atoms with van der Waals surface area (Å²) in [7, 11) is 0. The number of carbonyl (C=O) groups excluding carboxylic acids is 1. The second-order valence-corrected chi connectivity index (χ2v) is 5.44. The monoisotopic (exact) mass is 270 g/mol. The number of benzene rings is 1. The number of amides is 1. The molecule has 17 heavy (non-hydrogen) atoms. The van der Waals surface area contributed by atoms with Crippen LogP contribution in [0.5, 0.6) is 0 Å². The lowest BCUT2D eigenvalue weighted by Gasteiger charge is -2.35. The highest BCUT2D eigenvalue weighted by Crippen LogP contribution is 2.43. The van der Waals surface area contributed by atoms with E-state index in [9.17, 15) is 4.79 Å². The molecule has 0 aliphatic carbocycles. The topological polar surface area (TPSA) is 41.1 Å². The Balaban J connectivity index is 2.18. The molecule has 2 aliphatic rings. The zero-order chi connectivity index (χ0) is 12.0. The SMILES string of the molecule is O=C1NC2(CCNCC2)c2c(Cl)cc(Cl)cc21. The minimum atomic E-state index is -0.292. The van der Waals surface area contributed by atoms with E-state index in [1.807, 2.05) is 0 Å². The van der Waals surface area contributed by atoms with Gasteiger partial charge in [0.05, 0.1) is 5.54 Å².